The number of likely N-dealkylation sites (N-methyl/N-ethyl adjacent to an activating group) is 1. The van der Waals surface area contributed by atoms with Crippen molar-refractivity contribution in [3.8, 4) is 0 Å². The van der Waals surface area contributed by atoms with Crippen molar-refractivity contribution in [3.05, 3.63) is 82.9 Å². The lowest BCUT2D eigenvalue weighted by atomic mass is 10.00. The lowest BCUT2D eigenvalue weighted by Gasteiger charge is -2.28. The molecule has 138 valence electrons. The number of amides is 2. The van der Waals surface area contributed by atoms with Gasteiger partial charge < -0.3 is 10.6 Å². The average Bonchev–Trinajstić information content (AvgIpc) is 2.67. The van der Waals surface area contributed by atoms with E-state index in [1.807, 2.05) is 54.6 Å². The summed E-state index contributed by atoms with van der Waals surface area (Å²) in [6, 6.07) is 20.5. The lowest BCUT2D eigenvalue weighted by molar-refractivity contribution is -0.118. The maximum atomic E-state index is 13.0. The van der Waals surface area contributed by atoms with Crippen molar-refractivity contribution in [3.63, 3.8) is 0 Å². The van der Waals surface area contributed by atoms with E-state index in [1.54, 1.807) is 24.1 Å². The second kappa shape index (κ2) is 8.23. The maximum absolute atomic E-state index is 13.0. The molecule has 0 fully saturated rings. The minimum absolute atomic E-state index is 0.0957. The molecule has 1 atom stereocenters. The highest BCUT2D eigenvalue weighted by Crippen LogP contribution is 2.20. The number of benzene rings is 3. The van der Waals surface area contributed by atoms with Gasteiger partial charge in [0.1, 0.15) is 0 Å². The van der Waals surface area contributed by atoms with Crippen LogP contribution >= 0.6 is 11.6 Å². The Bertz CT molecular complexity index is 969. The van der Waals surface area contributed by atoms with E-state index < -0.39 is 5.91 Å². The molecule has 0 radical (unpaired) electrons. The highest BCUT2D eigenvalue weighted by molar-refractivity contribution is 6.30. The molecule has 0 heterocycles. The molecule has 0 saturated carbocycles. The van der Waals surface area contributed by atoms with Crippen molar-refractivity contribution in [2.24, 2.45) is 5.73 Å². The second-order valence-corrected chi connectivity index (χ2v) is 7.07. The smallest absolute Gasteiger partial charge is 0.253 e. The van der Waals surface area contributed by atoms with Crippen LogP contribution in [-0.4, -0.2) is 29.8 Å². The van der Waals surface area contributed by atoms with Gasteiger partial charge in [-0.15, -0.1) is 0 Å². The van der Waals surface area contributed by atoms with Gasteiger partial charge in [0.15, 0.2) is 0 Å². The van der Waals surface area contributed by atoms with Crippen LogP contribution in [0, 0.1) is 0 Å². The number of nitrogens with zero attached hydrogens (tertiary/aromatic N) is 1. The highest BCUT2D eigenvalue weighted by atomic mass is 35.5. The largest absolute Gasteiger partial charge is 0.370 e. The Kier molecular flexibility index (Phi) is 5.77. The first-order valence-corrected chi connectivity index (χ1v) is 9.10. The summed E-state index contributed by atoms with van der Waals surface area (Å²) in [5.74, 6) is -0.576. The molecule has 0 aliphatic carbocycles. The summed E-state index contributed by atoms with van der Waals surface area (Å²) in [6.45, 7) is 0. The van der Waals surface area contributed by atoms with E-state index in [0.29, 0.717) is 17.0 Å². The number of hydrogen-bond donors (Lipinski definition) is 1. The van der Waals surface area contributed by atoms with Gasteiger partial charge in [0.05, 0.1) is 0 Å². The fraction of sp³-hybridized carbons (Fsp3) is 0.182. The Balaban J connectivity index is 1.84. The summed E-state index contributed by atoms with van der Waals surface area (Å²) in [5.41, 5.74) is 7.00. The Hall–Kier alpha value is -2.85. The first-order chi connectivity index (χ1) is 12.9. The molecule has 3 aromatic carbocycles. The number of primary amides is 1. The molecule has 0 aliphatic rings. The molecule has 2 amide bonds. The van der Waals surface area contributed by atoms with Crippen LogP contribution in [0.1, 0.15) is 22.3 Å². The molecule has 0 spiro atoms. The molecule has 27 heavy (non-hydrogen) atoms. The van der Waals surface area contributed by atoms with E-state index in [9.17, 15) is 9.59 Å². The third kappa shape index (κ3) is 4.66. The zero-order chi connectivity index (χ0) is 19.4. The predicted molar refractivity (Wildman–Crippen MR) is 109 cm³/mol. The minimum atomic E-state index is -0.438. The molecule has 0 aliphatic heterocycles. The van der Waals surface area contributed by atoms with Crippen LogP contribution in [0.25, 0.3) is 10.8 Å². The number of carbonyl (C=O) groups is 2. The molecule has 5 heteroatoms. The van der Waals surface area contributed by atoms with Gasteiger partial charge in [0.25, 0.3) is 5.91 Å². The van der Waals surface area contributed by atoms with Crippen molar-refractivity contribution in [1.82, 2.24) is 4.90 Å². The van der Waals surface area contributed by atoms with Crippen molar-refractivity contribution >= 4 is 34.2 Å². The van der Waals surface area contributed by atoms with Gasteiger partial charge >= 0.3 is 0 Å². The van der Waals surface area contributed by atoms with E-state index in [1.165, 1.54) is 0 Å². The van der Waals surface area contributed by atoms with E-state index in [4.69, 9.17) is 17.3 Å². The van der Waals surface area contributed by atoms with Crippen LogP contribution in [-0.2, 0) is 11.2 Å². The van der Waals surface area contributed by atoms with Gasteiger partial charge in [-0.1, -0.05) is 54.1 Å². The predicted octanol–water partition coefficient (Wildman–Crippen LogP) is 4.05. The van der Waals surface area contributed by atoms with Gasteiger partial charge in [-0.2, -0.15) is 0 Å². The van der Waals surface area contributed by atoms with Crippen molar-refractivity contribution in [2.45, 2.75) is 18.9 Å². The monoisotopic (exact) mass is 380 g/mol. The lowest BCUT2D eigenvalue weighted by Crippen LogP contribution is -2.41. The summed E-state index contributed by atoms with van der Waals surface area (Å²) in [6.07, 6.45) is 0.619. The third-order valence-corrected chi connectivity index (χ3v) is 4.94. The van der Waals surface area contributed by atoms with Crippen molar-refractivity contribution < 1.29 is 9.59 Å². The molecule has 3 aromatic rings. The van der Waals surface area contributed by atoms with Gasteiger partial charge in [0, 0.05) is 30.1 Å². The number of hydrogen-bond acceptors (Lipinski definition) is 2. The highest BCUT2D eigenvalue weighted by Gasteiger charge is 2.23. The first kappa shape index (κ1) is 18.9. The van der Waals surface area contributed by atoms with Gasteiger partial charge in [-0.25, -0.2) is 0 Å². The average molecular weight is 381 g/mol. The summed E-state index contributed by atoms with van der Waals surface area (Å²) in [5, 5.41) is 2.72. The van der Waals surface area contributed by atoms with Crippen LogP contribution < -0.4 is 5.73 Å². The van der Waals surface area contributed by atoms with Crippen LogP contribution in [0.4, 0.5) is 0 Å². The molecule has 0 unspecified atom stereocenters. The molecule has 0 saturated heterocycles. The molecular formula is C22H21ClN2O2. The molecular weight excluding hydrogens is 360 g/mol. The Morgan fingerprint density at radius 1 is 1.00 bits per heavy atom. The van der Waals surface area contributed by atoms with Gasteiger partial charge in [0.2, 0.25) is 5.91 Å². The summed E-state index contributed by atoms with van der Waals surface area (Å²) in [4.78, 5) is 26.2. The normalized spacial score (nSPS) is 11.9. The number of carbonyl (C=O) groups excluding carboxylic acids is 2. The second-order valence-electron chi connectivity index (χ2n) is 6.63. The standard InChI is InChI=1S/C22H21ClN2O2/c1-25(20(14-21(24)26)12-15-6-10-19(23)11-7-15)22(27)18-9-8-16-4-2-3-5-17(16)13-18/h2-11,13,20H,12,14H2,1H3,(H2,24,26)/t20-/m0/s1. The SMILES string of the molecule is CN(C(=O)c1ccc2ccccc2c1)[C@H](CC(N)=O)Cc1ccc(Cl)cc1. The third-order valence-electron chi connectivity index (χ3n) is 4.69. The van der Waals surface area contributed by atoms with Crippen molar-refractivity contribution in [2.75, 3.05) is 7.05 Å². The summed E-state index contributed by atoms with van der Waals surface area (Å²) < 4.78 is 0. The maximum Gasteiger partial charge on any atom is 0.253 e. The molecule has 2 N–H and O–H groups in total. The Morgan fingerprint density at radius 2 is 1.67 bits per heavy atom. The summed E-state index contributed by atoms with van der Waals surface area (Å²) in [7, 11) is 1.71. The molecule has 3 rings (SSSR count). The van der Waals surface area contributed by atoms with E-state index in [0.717, 1.165) is 16.3 Å². The number of halogens is 1. The number of fused-ring (bicyclic) bond motifs is 1. The van der Waals surface area contributed by atoms with E-state index >= 15 is 0 Å². The van der Waals surface area contributed by atoms with Crippen LogP contribution in [0.2, 0.25) is 5.02 Å². The first-order valence-electron chi connectivity index (χ1n) is 8.73. The topological polar surface area (TPSA) is 63.4 Å². The zero-order valence-corrected chi connectivity index (χ0v) is 15.8. The molecule has 0 aromatic heterocycles. The fourth-order valence-corrected chi connectivity index (χ4v) is 3.29. The Morgan fingerprint density at radius 3 is 2.33 bits per heavy atom. The minimum Gasteiger partial charge on any atom is -0.370 e. The van der Waals surface area contributed by atoms with Gasteiger partial charge in [-0.3, -0.25) is 9.59 Å². The van der Waals surface area contributed by atoms with Gasteiger partial charge in [-0.05, 0) is 47.0 Å². The van der Waals surface area contributed by atoms with E-state index in [2.05, 4.69) is 0 Å². The quantitative estimate of drug-likeness (QED) is 0.701. The van der Waals surface area contributed by atoms with Crippen LogP contribution in [0.5, 0.6) is 0 Å². The number of nitrogens with two attached hydrogens (primary N) is 1. The summed E-state index contributed by atoms with van der Waals surface area (Å²) >= 11 is 5.93. The molecule has 0 bridgehead atoms. The van der Waals surface area contributed by atoms with Crippen molar-refractivity contribution in [1.29, 1.82) is 0 Å². The molecule has 4 nitrogen and oxygen atoms in total. The zero-order valence-electron chi connectivity index (χ0n) is 15.1. The van der Waals surface area contributed by atoms with Crippen LogP contribution in [0.15, 0.2) is 66.7 Å². The fourth-order valence-electron chi connectivity index (χ4n) is 3.16. The van der Waals surface area contributed by atoms with E-state index in [-0.39, 0.29) is 18.4 Å². The van der Waals surface area contributed by atoms with Crippen LogP contribution in [0.3, 0.4) is 0 Å². The Labute approximate surface area is 163 Å². The number of rotatable bonds is 6.